The monoisotopic (exact) mass is 233 g/mol. The highest BCUT2D eigenvalue weighted by Gasteiger charge is 2.23. The predicted octanol–water partition coefficient (Wildman–Crippen LogP) is 3.22. The SMILES string of the molecule is Cn1cc(F)c(Br)c1C(C)(C)C. The summed E-state index contributed by atoms with van der Waals surface area (Å²) in [5.41, 5.74) is 0.956. The van der Waals surface area contributed by atoms with Gasteiger partial charge in [0, 0.05) is 24.4 Å². The molecule has 1 rings (SSSR count). The number of aromatic nitrogens is 1. The molecule has 0 atom stereocenters. The van der Waals surface area contributed by atoms with Gasteiger partial charge in [-0.2, -0.15) is 0 Å². The van der Waals surface area contributed by atoms with Gasteiger partial charge in [-0.25, -0.2) is 4.39 Å². The fraction of sp³-hybridized carbons (Fsp3) is 0.556. The zero-order chi connectivity index (χ0) is 9.52. The maximum absolute atomic E-state index is 13.1. The first-order valence-electron chi connectivity index (χ1n) is 3.85. The van der Waals surface area contributed by atoms with E-state index in [9.17, 15) is 4.39 Å². The van der Waals surface area contributed by atoms with E-state index in [4.69, 9.17) is 0 Å². The Morgan fingerprint density at radius 1 is 1.42 bits per heavy atom. The van der Waals surface area contributed by atoms with E-state index >= 15 is 0 Å². The average molecular weight is 234 g/mol. The Bertz CT molecular complexity index is 296. The summed E-state index contributed by atoms with van der Waals surface area (Å²) >= 11 is 3.24. The zero-order valence-electron chi connectivity index (χ0n) is 7.78. The third-order valence-electron chi connectivity index (χ3n) is 1.79. The highest BCUT2D eigenvalue weighted by molar-refractivity contribution is 9.10. The maximum atomic E-state index is 13.1. The molecule has 68 valence electrons. The maximum Gasteiger partial charge on any atom is 0.155 e. The first-order chi connectivity index (χ1) is 5.34. The van der Waals surface area contributed by atoms with Gasteiger partial charge in [-0.3, -0.25) is 0 Å². The molecule has 0 saturated heterocycles. The molecular formula is C9H13BrFN. The lowest BCUT2D eigenvalue weighted by Crippen LogP contribution is -2.16. The summed E-state index contributed by atoms with van der Waals surface area (Å²) in [7, 11) is 1.86. The van der Waals surface area contributed by atoms with Crippen molar-refractivity contribution in [3.05, 3.63) is 22.2 Å². The van der Waals surface area contributed by atoms with Gasteiger partial charge < -0.3 is 4.57 Å². The number of nitrogens with zero attached hydrogens (tertiary/aromatic N) is 1. The van der Waals surface area contributed by atoms with Crippen LogP contribution in [0.3, 0.4) is 0 Å². The Morgan fingerprint density at radius 2 is 1.92 bits per heavy atom. The van der Waals surface area contributed by atoms with Gasteiger partial charge in [0.1, 0.15) is 0 Å². The molecule has 1 nitrogen and oxygen atoms in total. The van der Waals surface area contributed by atoms with E-state index in [0.29, 0.717) is 4.47 Å². The van der Waals surface area contributed by atoms with Crippen LogP contribution in [0.25, 0.3) is 0 Å². The van der Waals surface area contributed by atoms with Crippen LogP contribution in [-0.4, -0.2) is 4.57 Å². The Balaban J connectivity index is 3.32. The molecule has 1 heterocycles. The molecular weight excluding hydrogens is 221 g/mol. The van der Waals surface area contributed by atoms with Gasteiger partial charge in [0.25, 0.3) is 0 Å². The van der Waals surface area contributed by atoms with Gasteiger partial charge in [0.2, 0.25) is 0 Å². The van der Waals surface area contributed by atoms with Crippen LogP contribution in [0.15, 0.2) is 10.7 Å². The molecule has 0 radical (unpaired) electrons. The fourth-order valence-electron chi connectivity index (χ4n) is 1.42. The molecule has 0 N–H and O–H groups in total. The van der Waals surface area contributed by atoms with Crippen LogP contribution >= 0.6 is 15.9 Å². The molecule has 0 aliphatic heterocycles. The van der Waals surface area contributed by atoms with Crippen molar-refractivity contribution in [2.45, 2.75) is 26.2 Å². The van der Waals surface area contributed by atoms with Gasteiger partial charge in [-0.15, -0.1) is 0 Å². The van der Waals surface area contributed by atoms with Crippen molar-refractivity contribution in [2.75, 3.05) is 0 Å². The summed E-state index contributed by atoms with van der Waals surface area (Å²) in [6.45, 7) is 6.19. The van der Waals surface area contributed by atoms with Crippen LogP contribution in [0, 0.1) is 5.82 Å². The summed E-state index contributed by atoms with van der Waals surface area (Å²) in [5, 5.41) is 0. The fourth-order valence-corrected chi connectivity index (χ4v) is 2.39. The van der Waals surface area contributed by atoms with Crippen LogP contribution in [0.1, 0.15) is 26.5 Å². The minimum atomic E-state index is -0.192. The van der Waals surface area contributed by atoms with Crippen LogP contribution in [0.4, 0.5) is 4.39 Å². The molecule has 0 aliphatic rings. The quantitative estimate of drug-likeness (QED) is 0.649. The van der Waals surface area contributed by atoms with E-state index < -0.39 is 0 Å². The Kier molecular flexibility index (Phi) is 2.34. The number of hydrogen-bond acceptors (Lipinski definition) is 0. The normalized spacial score (nSPS) is 12.2. The van der Waals surface area contributed by atoms with E-state index in [2.05, 4.69) is 36.7 Å². The van der Waals surface area contributed by atoms with E-state index in [1.165, 1.54) is 6.20 Å². The molecule has 0 spiro atoms. The second kappa shape index (κ2) is 2.87. The second-order valence-corrected chi connectivity index (χ2v) is 4.79. The lowest BCUT2D eigenvalue weighted by Gasteiger charge is -2.20. The molecule has 1 aromatic heterocycles. The highest BCUT2D eigenvalue weighted by Crippen LogP contribution is 2.32. The van der Waals surface area contributed by atoms with E-state index in [1.54, 1.807) is 0 Å². The molecule has 1 aromatic rings. The van der Waals surface area contributed by atoms with Crippen LogP contribution in [0.5, 0.6) is 0 Å². The molecule has 0 bridgehead atoms. The summed E-state index contributed by atoms with van der Waals surface area (Å²) < 4.78 is 15.5. The van der Waals surface area contributed by atoms with Crippen molar-refractivity contribution in [3.8, 4) is 0 Å². The van der Waals surface area contributed by atoms with Gasteiger partial charge in [0.05, 0.1) is 4.47 Å². The van der Waals surface area contributed by atoms with Crippen molar-refractivity contribution in [3.63, 3.8) is 0 Å². The third-order valence-corrected chi connectivity index (χ3v) is 2.54. The molecule has 0 unspecified atom stereocenters. The van der Waals surface area contributed by atoms with Crippen molar-refractivity contribution in [1.82, 2.24) is 4.57 Å². The second-order valence-electron chi connectivity index (χ2n) is 4.00. The van der Waals surface area contributed by atoms with Gasteiger partial charge in [-0.05, 0) is 15.9 Å². The Morgan fingerprint density at radius 3 is 2.08 bits per heavy atom. The van der Waals surface area contributed by atoms with E-state index in [0.717, 1.165) is 5.69 Å². The average Bonchev–Trinajstić information content (AvgIpc) is 2.05. The van der Waals surface area contributed by atoms with E-state index in [1.807, 2.05) is 11.6 Å². The zero-order valence-corrected chi connectivity index (χ0v) is 9.37. The molecule has 12 heavy (non-hydrogen) atoms. The molecule has 0 aromatic carbocycles. The number of hydrogen-bond donors (Lipinski definition) is 0. The van der Waals surface area contributed by atoms with Crippen molar-refractivity contribution in [1.29, 1.82) is 0 Å². The number of rotatable bonds is 0. The van der Waals surface area contributed by atoms with Crippen LogP contribution < -0.4 is 0 Å². The number of aryl methyl sites for hydroxylation is 1. The number of halogens is 2. The molecule has 0 aliphatic carbocycles. The summed E-state index contributed by atoms with van der Waals surface area (Å²) in [6.07, 6.45) is 1.49. The van der Waals surface area contributed by atoms with Crippen molar-refractivity contribution in [2.24, 2.45) is 7.05 Å². The highest BCUT2D eigenvalue weighted by atomic mass is 79.9. The summed E-state index contributed by atoms with van der Waals surface area (Å²) in [6, 6.07) is 0. The molecule has 3 heteroatoms. The largest absolute Gasteiger partial charge is 0.350 e. The van der Waals surface area contributed by atoms with Crippen molar-refractivity contribution < 1.29 is 4.39 Å². The molecule has 0 amide bonds. The van der Waals surface area contributed by atoms with E-state index in [-0.39, 0.29) is 11.2 Å². The van der Waals surface area contributed by atoms with Crippen LogP contribution in [-0.2, 0) is 12.5 Å². The molecule has 0 fully saturated rings. The Hall–Kier alpha value is -0.310. The first-order valence-corrected chi connectivity index (χ1v) is 4.64. The molecule has 0 saturated carbocycles. The minimum Gasteiger partial charge on any atom is -0.350 e. The third kappa shape index (κ3) is 1.56. The summed E-state index contributed by atoms with van der Waals surface area (Å²) in [4.78, 5) is 0. The van der Waals surface area contributed by atoms with Gasteiger partial charge in [-0.1, -0.05) is 20.8 Å². The van der Waals surface area contributed by atoms with Crippen LogP contribution in [0.2, 0.25) is 0 Å². The van der Waals surface area contributed by atoms with Gasteiger partial charge in [0.15, 0.2) is 5.82 Å². The smallest absolute Gasteiger partial charge is 0.155 e. The van der Waals surface area contributed by atoms with Crippen molar-refractivity contribution >= 4 is 15.9 Å². The lowest BCUT2D eigenvalue weighted by molar-refractivity contribution is 0.539. The summed E-state index contributed by atoms with van der Waals surface area (Å²) in [5.74, 6) is -0.192. The Labute approximate surface area is 80.7 Å². The van der Waals surface area contributed by atoms with Gasteiger partial charge >= 0.3 is 0 Å². The standard InChI is InChI=1S/C9H13BrFN/c1-9(2,3)8-7(10)6(11)5-12(8)4/h5H,1-4H3. The minimum absolute atomic E-state index is 0.0298. The first kappa shape index (κ1) is 9.78. The lowest BCUT2D eigenvalue weighted by atomic mass is 9.92. The topological polar surface area (TPSA) is 4.93 Å². The predicted molar refractivity (Wildman–Crippen MR) is 51.8 cm³/mol.